The van der Waals surface area contributed by atoms with E-state index in [1.165, 1.54) is 5.69 Å². The van der Waals surface area contributed by atoms with Crippen molar-refractivity contribution in [1.82, 2.24) is 4.68 Å². The van der Waals surface area contributed by atoms with Gasteiger partial charge in [-0.2, -0.15) is 0 Å². The SMILES string of the molecule is C[n+]1cccn1-c1ccccc1. The van der Waals surface area contributed by atoms with Crippen LogP contribution in [0.5, 0.6) is 0 Å². The molecule has 0 radical (unpaired) electrons. The fraction of sp³-hybridized carbons (Fsp3) is 0.100. The summed E-state index contributed by atoms with van der Waals surface area (Å²) in [4.78, 5) is 0. The van der Waals surface area contributed by atoms with Crippen LogP contribution in [0.3, 0.4) is 0 Å². The van der Waals surface area contributed by atoms with Gasteiger partial charge in [-0.15, -0.1) is 9.36 Å². The Balaban J connectivity index is 2.51. The van der Waals surface area contributed by atoms with E-state index in [1.54, 1.807) is 0 Å². The Morgan fingerprint density at radius 3 is 2.42 bits per heavy atom. The van der Waals surface area contributed by atoms with E-state index in [-0.39, 0.29) is 0 Å². The predicted molar refractivity (Wildman–Crippen MR) is 46.9 cm³/mol. The third kappa shape index (κ3) is 1.11. The molecule has 0 N–H and O–H groups in total. The largest absolute Gasteiger partial charge is 0.195 e. The van der Waals surface area contributed by atoms with Crippen LogP contribution < -0.4 is 4.68 Å². The molecule has 0 fully saturated rings. The summed E-state index contributed by atoms with van der Waals surface area (Å²) in [5.41, 5.74) is 1.19. The van der Waals surface area contributed by atoms with Crippen molar-refractivity contribution in [3.8, 4) is 5.69 Å². The summed E-state index contributed by atoms with van der Waals surface area (Å²) in [5.74, 6) is 0. The molecule has 0 unspecified atom stereocenters. The first kappa shape index (κ1) is 7.10. The average molecular weight is 159 g/mol. The maximum absolute atomic E-state index is 2.08. The minimum Gasteiger partial charge on any atom is -0.129 e. The van der Waals surface area contributed by atoms with E-state index in [1.807, 2.05) is 48.4 Å². The van der Waals surface area contributed by atoms with Gasteiger partial charge in [0.2, 0.25) is 0 Å². The molecule has 0 bridgehead atoms. The maximum Gasteiger partial charge on any atom is 0.195 e. The lowest BCUT2D eigenvalue weighted by Gasteiger charge is -1.97. The van der Waals surface area contributed by atoms with Crippen LogP contribution in [-0.2, 0) is 7.05 Å². The highest BCUT2D eigenvalue weighted by Gasteiger charge is 2.02. The summed E-state index contributed by atoms with van der Waals surface area (Å²) in [7, 11) is 2.02. The molecule has 1 aromatic carbocycles. The molecule has 1 heterocycles. The van der Waals surface area contributed by atoms with Gasteiger partial charge in [-0.05, 0) is 12.1 Å². The van der Waals surface area contributed by atoms with E-state index >= 15 is 0 Å². The number of hydrogen-bond acceptors (Lipinski definition) is 0. The highest BCUT2D eigenvalue weighted by molar-refractivity contribution is 5.28. The lowest BCUT2D eigenvalue weighted by molar-refractivity contribution is -0.744. The Morgan fingerprint density at radius 2 is 1.83 bits per heavy atom. The predicted octanol–water partition coefficient (Wildman–Crippen LogP) is 1.30. The van der Waals surface area contributed by atoms with Crippen molar-refractivity contribution in [2.45, 2.75) is 0 Å². The van der Waals surface area contributed by atoms with Gasteiger partial charge in [0.1, 0.15) is 5.69 Å². The van der Waals surface area contributed by atoms with Crippen LogP contribution >= 0.6 is 0 Å². The zero-order valence-electron chi connectivity index (χ0n) is 7.01. The van der Waals surface area contributed by atoms with Crippen LogP contribution in [0.2, 0.25) is 0 Å². The molecule has 0 atom stereocenters. The summed E-state index contributed by atoms with van der Waals surface area (Å²) < 4.78 is 4.12. The molecule has 0 saturated heterocycles. The number of aryl methyl sites for hydroxylation is 1. The van der Waals surface area contributed by atoms with Gasteiger partial charge < -0.3 is 0 Å². The molecule has 0 amide bonds. The molecule has 60 valence electrons. The van der Waals surface area contributed by atoms with Crippen molar-refractivity contribution in [2.24, 2.45) is 7.05 Å². The van der Waals surface area contributed by atoms with Crippen LogP contribution in [0.25, 0.3) is 5.69 Å². The number of para-hydroxylation sites is 1. The average Bonchev–Trinajstić information content (AvgIpc) is 2.53. The van der Waals surface area contributed by atoms with E-state index in [2.05, 4.69) is 16.8 Å². The van der Waals surface area contributed by atoms with Gasteiger partial charge in [0.05, 0.1) is 6.20 Å². The standard InChI is InChI=1S/C10H11N2/c1-11-8-5-9-12(11)10-6-3-2-4-7-10/h2-9H,1H3/q+1. The summed E-state index contributed by atoms with van der Waals surface area (Å²) >= 11 is 0. The molecule has 0 aliphatic heterocycles. The monoisotopic (exact) mass is 159 g/mol. The molecule has 12 heavy (non-hydrogen) atoms. The van der Waals surface area contributed by atoms with Crippen LogP contribution in [0, 0.1) is 0 Å². The van der Waals surface area contributed by atoms with Gasteiger partial charge in [-0.1, -0.05) is 18.2 Å². The van der Waals surface area contributed by atoms with Gasteiger partial charge in [0, 0.05) is 6.07 Å². The van der Waals surface area contributed by atoms with Crippen molar-refractivity contribution in [1.29, 1.82) is 0 Å². The summed E-state index contributed by atoms with van der Waals surface area (Å²) in [5, 5.41) is 0. The molecule has 2 rings (SSSR count). The fourth-order valence-electron chi connectivity index (χ4n) is 1.27. The smallest absolute Gasteiger partial charge is 0.129 e. The van der Waals surface area contributed by atoms with Crippen LogP contribution in [0.4, 0.5) is 0 Å². The van der Waals surface area contributed by atoms with Gasteiger partial charge in [-0.25, -0.2) is 0 Å². The second kappa shape index (κ2) is 2.81. The quantitative estimate of drug-likeness (QED) is 0.555. The lowest BCUT2D eigenvalue weighted by Crippen LogP contribution is -2.36. The van der Waals surface area contributed by atoms with Crippen LogP contribution in [0.1, 0.15) is 0 Å². The van der Waals surface area contributed by atoms with E-state index in [9.17, 15) is 0 Å². The Bertz CT molecular complexity index is 362. The summed E-state index contributed by atoms with van der Waals surface area (Å²) in [6, 6.07) is 12.3. The van der Waals surface area contributed by atoms with Crippen molar-refractivity contribution in [3.05, 3.63) is 48.8 Å². The van der Waals surface area contributed by atoms with Crippen molar-refractivity contribution < 1.29 is 4.68 Å². The van der Waals surface area contributed by atoms with E-state index in [0.717, 1.165) is 0 Å². The molecule has 2 heteroatoms. The van der Waals surface area contributed by atoms with E-state index in [4.69, 9.17) is 0 Å². The van der Waals surface area contributed by atoms with E-state index in [0.29, 0.717) is 0 Å². The normalized spacial score (nSPS) is 10.1. The highest BCUT2D eigenvalue weighted by atomic mass is 15.4. The minimum atomic E-state index is 1.19. The molecule has 0 aliphatic carbocycles. The van der Waals surface area contributed by atoms with Gasteiger partial charge >= 0.3 is 0 Å². The number of hydrogen-bond donors (Lipinski definition) is 0. The van der Waals surface area contributed by atoms with Crippen molar-refractivity contribution in [3.63, 3.8) is 0 Å². The third-order valence-electron chi connectivity index (χ3n) is 1.89. The Hall–Kier alpha value is -1.57. The fourth-order valence-corrected chi connectivity index (χ4v) is 1.27. The second-order valence-corrected chi connectivity index (χ2v) is 2.74. The van der Waals surface area contributed by atoms with Crippen molar-refractivity contribution in [2.75, 3.05) is 0 Å². The molecule has 1 aromatic heterocycles. The first-order valence-electron chi connectivity index (χ1n) is 3.96. The van der Waals surface area contributed by atoms with Crippen molar-refractivity contribution >= 4 is 0 Å². The Labute approximate surface area is 71.7 Å². The maximum atomic E-state index is 2.08. The third-order valence-corrected chi connectivity index (χ3v) is 1.89. The molecule has 0 aliphatic rings. The molecular weight excluding hydrogens is 148 g/mol. The van der Waals surface area contributed by atoms with Gasteiger partial charge in [0.15, 0.2) is 13.2 Å². The van der Waals surface area contributed by atoms with Gasteiger partial charge in [-0.3, -0.25) is 0 Å². The van der Waals surface area contributed by atoms with Crippen LogP contribution in [0.15, 0.2) is 48.8 Å². The zero-order chi connectivity index (χ0) is 8.39. The summed E-state index contributed by atoms with van der Waals surface area (Å²) in [6.45, 7) is 0. The minimum absolute atomic E-state index is 1.19. The number of rotatable bonds is 1. The highest BCUT2D eigenvalue weighted by Crippen LogP contribution is 2.02. The van der Waals surface area contributed by atoms with E-state index < -0.39 is 0 Å². The topological polar surface area (TPSA) is 8.81 Å². The molecule has 0 saturated carbocycles. The van der Waals surface area contributed by atoms with Gasteiger partial charge in [0.25, 0.3) is 0 Å². The first-order chi connectivity index (χ1) is 5.88. The number of aromatic nitrogens is 2. The summed E-state index contributed by atoms with van der Waals surface area (Å²) in [6.07, 6.45) is 4.06. The molecular formula is C10H11N2+. The molecule has 2 nitrogen and oxygen atoms in total. The molecule has 2 aromatic rings. The number of benzene rings is 1. The Morgan fingerprint density at radius 1 is 1.08 bits per heavy atom. The molecule has 0 spiro atoms. The second-order valence-electron chi connectivity index (χ2n) is 2.74. The zero-order valence-corrected chi connectivity index (χ0v) is 7.01. The Kier molecular flexibility index (Phi) is 1.67. The lowest BCUT2D eigenvalue weighted by atomic mass is 10.3. The van der Waals surface area contributed by atoms with Crippen LogP contribution in [-0.4, -0.2) is 4.68 Å². The number of nitrogens with zero attached hydrogens (tertiary/aromatic N) is 2. The first-order valence-corrected chi connectivity index (χ1v) is 3.96.